The zero-order valence-corrected chi connectivity index (χ0v) is 52.8. The van der Waals surface area contributed by atoms with Crippen LogP contribution in [-0.4, -0.2) is 164 Å². The quantitative estimate of drug-likeness (QED) is 0.0324. The molecule has 2 fully saturated rings. The number of hydrogen-bond donors (Lipinski definition) is 8. The number of methoxy groups -OCH3 is 1. The van der Waals surface area contributed by atoms with E-state index in [2.05, 4.69) is 31.9 Å². The summed E-state index contributed by atoms with van der Waals surface area (Å²) in [5, 5.41) is 39.0. The number of nitrogens with one attached hydrogen (secondary N) is 6. The molecule has 0 saturated carbocycles. The SMILES string of the molecule is CC[C@@]1(OC(=O)[C@H](NC(=O)[C@@H](CSC)NC(=O)[C@@H](CC(C)C)NC(=O)CNC(=O)[C@H](CC(C)C)NC(=O)[C@H]2CCCN2C(=S)Nc2ccc(OC3O[C@H](C)[C@H](O)[C@H](OC)[C@@H]3O)cc2)C(C)C)C(=O)OCc2c1cc1n(c2=O)Cc2cc3ccccc3nc2-1. The molecule has 11 atom stereocenters. The number of hydrogen-bond acceptors (Lipinski definition) is 18. The summed E-state index contributed by atoms with van der Waals surface area (Å²) in [6.45, 7) is 13.9. The van der Waals surface area contributed by atoms with E-state index in [0.29, 0.717) is 47.7 Å². The van der Waals surface area contributed by atoms with Gasteiger partial charge in [-0.25, -0.2) is 14.6 Å². The minimum absolute atomic E-state index is 0.0514. The maximum atomic E-state index is 14.5. The Kier molecular flexibility index (Phi) is 21.9. The highest BCUT2D eigenvalue weighted by Crippen LogP contribution is 2.41. The van der Waals surface area contributed by atoms with Gasteiger partial charge in [-0.3, -0.25) is 28.8 Å². The van der Waals surface area contributed by atoms with Crippen LogP contribution in [0.3, 0.4) is 0 Å². The molecule has 0 aliphatic carbocycles. The van der Waals surface area contributed by atoms with Gasteiger partial charge in [0, 0.05) is 41.6 Å². The number of para-hydroxylation sites is 1. The monoisotopic (exact) mass is 1260 g/mol. The van der Waals surface area contributed by atoms with Gasteiger partial charge in [-0.1, -0.05) is 66.7 Å². The number of benzene rings is 2. The molecule has 88 heavy (non-hydrogen) atoms. The van der Waals surface area contributed by atoms with Crippen molar-refractivity contribution in [2.45, 2.75) is 167 Å². The predicted molar refractivity (Wildman–Crippen MR) is 331 cm³/mol. The molecule has 0 spiro atoms. The molecule has 6 heterocycles. The molecular weight excluding hydrogens is 1170 g/mol. The summed E-state index contributed by atoms with van der Waals surface area (Å²) < 4.78 is 30.1. The normalized spacial score (nSPS) is 22.5. The van der Waals surface area contributed by atoms with E-state index in [1.807, 2.05) is 58.0 Å². The highest BCUT2D eigenvalue weighted by molar-refractivity contribution is 7.98. The molecule has 0 radical (unpaired) electrons. The Morgan fingerprint density at radius 1 is 0.875 bits per heavy atom. The number of aliphatic hydroxyl groups is 2. The van der Waals surface area contributed by atoms with Gasteiger partial charge in [0.25, 0.3) is 5.56 Å². The number of carbonyl (C=O) groups is 7. The fraction of sp³-hybridized carbons (Fsp3) is 0.548. The number of esters is 2. The molecule has 2 aromatic heterocycles. The number of rotatable bonds is 24. The van der Waals surface area contributed by atoms with Crippen molar-refractivity contribution in [3.05, 3.63) is 87.7 Å². The van der Waals surface area contributed by atoms with Crippen molar-refractivity contribution in [3.63, 3.8) is 0 Å². The molecule has 4 aliphatic heterocycles. The molecule has 2 aromatic carbocycles. The molecule has 8 N–H and O–H groups in total. The molecule has 4 aliphatic rings. The highest BCUT2D eigenvalue weighted by atomic mass is 32.2. The fourth-order valence-corrected chi connectivity index (χ4v) is 12.4. The van der Waals surface area contributed by atoms with Gasteiger partial charge in [-0.15, -0.1) is 0 Å². The van der Waals surface area contributed by atoms with Crippen molar-refractivity contribution in [2.24, 2.45) is 17.8 Å². The van der Waals surface area contributed by atoms with Gasteiger partial charge in [-0.2, -0.15) is 11.8 Å². The lowest BCUT2D eigenvalue weighted by Crippen LogP contribution is -2.59. The maximum absolute atomic E-state index is 14.5. The Balaban J connectivity index is 0.866. The van der Waals surface area contributed by atoms with Gasteiger partial charge in [0.2, 0.25) is 41.4 Å². The van der Waals surface area contributed by atoms with Crippen LogP contribution in [0, 0.1) is 17.8 Å². The molecule has 4 aromatic rings. The Hall–Kier alpha value is -7.23. The summed E-state index contributed by atoms with van der Waals surface area (Å²) in [6.07, 6.45) is -1.86. The Bertz CT molecular complexity index is 3330. The van der Waals surface area contributed by atoms with Crippen LogP contribution in [-0.2, 0) is 71.3 Å². The molecular formula is C62H81N9O15S2. The van der Waals surface area contributed by atoms with Crippen LogP contribution in [0.15, 0.2) is 65.5 Å². The number of ether oxygens (including phenoxy) is 5. The van der Waals surface area contributed by atoms with E-state index in [0.717, 1.165) is 10.9 Å². The number of cyclic esters (lactones) is 1. The van der Waals surface area contributed by atoms with E-state index < -0.39 is 126 Å². The van der Waals surface area contributed by atoms with Gasteiger partial charge in [-0.05, 0) is 118 Å². The number of aliphatic hydroxyl groups excluding tert-OH is 2. The number of aromatic nitrogens is 2. The summed E-state index contributed by atoms with van der Waals surface area (Å²) in [5.74, 6) is -5.43. The third kappa shape index (κ3) is 14.9. The lowest BCUT2D eigenvalue weighted by atomic mass is 9.85. The van der Waals surface area contributed by atoms with Crippen molar-refractivity contribution in [1.29, 1.82) is 0 Å². The second kappa shape index (κ2) is 28.9. The summed E-state index contributed by atoms with van der Waals surface area (Å²) >= 11 is 7.01. The first-order valence-electron chi connectivity index (χ1n) is 29.8. The Morgan fingerprint density at radius 3 is 2.22 bits per heavy atom. The van der Waals surface area contributed by atoms with Gasteiger partial charge in [0.05, 0.1) is 41.7 Å². The maximum Gasteiger partial charge on any atom is 0.355 e. The number of fused-ring (bicyclic) bond motifs is 5. The largest absolute Gasteiger partial charge is 0.462 e. The predicted octanol–water partition coefficient (Wildman–Crippen LogP) is 3.52. The van der Waals surface area contributed by atoms with E-state index >= 15 is 0 Å². The minimum Gasteiger partial charge on any atom is -0.462 e. The molecule has 0 bridgehead atoms. The van der Waals surface area contributed by atoms with Crippen molar-refractivity contribution < 1.29 is 67.5 Å². The summed E-state index contributed by atoms with van der Waals surface area (Å²) in [6, 6.07) is 12.4. The number of thioether (sulfide) groups is 1. The van der Waals surface area contributed by atoms with Crippen LogP contribution in [0.1, 0.15) is 104 Å². The van der Waals surface area contributed by atoms with Crippen LogP contribution in [0.25, 0.3) is 22.3 Å². The number of thiocarbonyl (C=S) groups is 1. The molecule has 5 amide bonds. The second-order valence-corrected chi connectivity index (χ2v) is 25.2. The first-order chi connectivity index (χ1) is 41.9. The molecule has 8 rings (SSSR count). The molecule has 26 heteroatoms. The van der Waals surface area contributed by atoms with Gasteiger partial charge >= 0.3 is 11.9 Å². The second-order valence-electron chi connectivity index (χ2n) is 23.9. The average molecular weight is 1260 g/mol. The highest BCUT2D eigenvalue weighted by Gasteiger charge is 2.52. The first kappa shape index (κ1) is 66.7. The van der Waals surface area contributed by atoms with E-state index in [4.69, 9.17) is 40.9 Å². The fourth-order valence-electron chi connectivity index (χ4n) is 11.5. The topological polar surface area (TPSA) is 316 Å². The Morgan fingerprint density at radius 2 is 1.56 bits per heavy atom. The summed E-state index contributed by atoms with van der Waals surface area (Å²) in [5.41, 5.74) is 0.978. The van der Waals surface area contributed by atoms with E-state index in [1.165, 1.54) is 18.9 Å². The van der Waals surface area contributed by atoms with Crippen LogP contribution in [0.5, 0.6) is 5.75 Å². The van der Waals surface area contributed by atoms with Gasteiger partial charge < -0.3 is 75.3 Å². The third-order valence-corrected chi connectivity index (χ3v) is 17.2. The molecule has 24 nitrogen and oxygen atoms in total. The summed E-state index contributed by atoms with van der Waals surface area (Å²) in [4.78, 5) is 119. The van der Waals surface area contributed by atoms with E-state index in [9.17, 15) is 48.6 Å². The number of pyridine rings is 2. The lowest BCUT2D eigenvalue weighted by molar-refractivity contribution is -0.272. The van der Waals surface area contributed by atoms with E-state index in [1.54, 1.807) is 73.7 Å². The Labute approximate surface area is 520 Å². The van der Waals surface area contributed by atoms with E-state index in [-0.39, 0.29) is 66.2 Å². The molecule has 2 saturated heterocycles. The van der Waals surface area contributed by atoms with Gasteiger partial charge in [0.15, 0.2) is 5.11 Å². The van der Waals surface area contributed by atoms with Crippen LogP contribution in [0.2, 0.25) is 0 Å². The number of likely N-dealkylation sites (tertiary alicyclic amines) is 1. The van der Waals surface area contributed by atoms with Crippen LogP contribution in [0.4, 0.5) is 5.69 Å². The van der Waals surface area contributed by atoms with Gasteiger partial charge in [0.1, 0.15) is 60.9 Å². The number of anilines is 1. The van der Waals surface area contributed by atoms with Crippen LogP contribution >= 0.6 is 24.0 Å². The summed E-state index contributed by atoms with van der Waals surface area (Å²) in [7, 11) is 1.38. The zero-order valence-electron chi connectivity index (χ0n) is 51.2. The molecule has 476 valence electrons. The first-order valence-corrected chi connectivity index (χ1v) is 31.6. The van der Waals surface area contributed by atoms with Crippen molar-refractivity contribution in [2.75, 3.05) is 37.5 Å². The van der Waals surface area contributed by atoms with Crippen molar-refractivity contribution >= 4 is 87.2 Å². The number of amides is 5. The van der Waals surface area contributed by atoms with Crippen LogP contribution < -0.4 is 42.2 Å². The zero-order chi connectivity index (χ0) is 63.9. The minimum atomic E-state index is -2.06. The average Bonchev–Trinajstić information content (AvgIpc) is 1.53. The third-order valence-electron chi connectivity index (χ3n) is 16.2. The smallest absolute Gasteiger partial charge is 0.355 e. The number of nitrogens with zero attached hydrogens (tertiary/aromatic N) is 3. The lowest BCUT2D eigenvalue weighted by Gasteiger charge is -2.40. The number of carbonyl (C=O) groups excluding carboxylic acids is 7. The van der Waals surface area contributed by atoms with Crippen molar-refractivity contribution in [1.82, 2.24) is 41.0 Å². The standard InChI is InChI=1S/C62H81N9O15S2/c1-11-62(40-26-46-49-36(25-35-15-12-13-16-41(35)66-49)28-71(46)57(79)39(40)29-83-60(62)81)86-58(80)48(33(6)7)69-55(77)44(30-88-10)68-54(76)43(24-32(4)5)65-47(72)27-63-53(75)42(23-31(2)3)67-56(78)45-17-14-22-70(45)61(87)64-37-18-20-38(21-19-37)85-59-51(74)52(82-9)50(73)34(8)84-59/h12-13,15-16,18-21,25-26,31-34,42-45,48,50-52,59,73-74H,11,14,17,22-24,27-30H2,1-10H3,(H,63,75)(H,64,87)(H,65,72)(H,67,78)(H,68,76)(H,69,77)/t34-,42+,43-,44-,45-,48-,50+,51+,52+,59?,62+/m1/s1. The van der Waals surface area contributed by atoms with Crippen molar-refractivity contribution in [3.8, 4) is 17.1 Å². The molecule has 1 unspecified atom stereocenters.